The molecule has 4 nitrogen and oxygen atoms in total. The van der Waals surface area contributed by atoms with Crippen molar-refractivity contribution in [2.45, 2.75) is 44.6 Å². The van der Waals surface area contributed by atoms with Gasteiger partial charge in [-0.2, -0.15) is 0 Å². The first kappa shape index (κ1) is 14.4. The van der Waals surface area contributed by atoms with E-state index in [-0.39, 0.29) is 17.9 Å². The molecule has 21 heavy (non-hydrogen) atoms. The predicted octanol–water partition coefficient (Wildman–Crippen LogP) is 1.80. The molecule has 0 bridgehead atoms. The van der Waals surface area contributed by atoms with Crippen molar-refractivity contribution in [1.29, 1.82) is 0 Å². The van der Waals surface area contributed by atoms with Crippen LogP contribution in [0, 0.1) is 5.92 Å². The number of primary amides is 1. The molecule has 4 heteroatoms. The van der Waals surface area contributed by atoms with Gasteiger partial charge >= 0.3 is 0 Å². The molecule has 1 amide bonds. The van der Waals surface area contributed by atoms with E-state index in [1.165, 1.54) is 17.5 Å². The lowest BCUT2D eigenvalue weighted by molar-refractivity contribution is -0.123. The summed E-state index contributed by atoms with van der Waals surface area (Å²) in [6.45, 7) is 1.70. The summed E-state index contributed by atoms with van der Waals surface area (Å²) in [5, 5.41) is 3.54. The molecule has 2 aliphatic rings. The van der Waals surface area contributed by atoms with Crippen LogP contribution in [0.4, 0.5) is 0 Å². The largest absolute Gasteiger partial charge is 0.493 e. The molecule has 0 radical (unpaired) electrons. The molecule has 0 spiro atoms. The quantitative estimate of drug-likeness (QED) is 0.868. The van der Waals surface area contributed by atoms with E-state index in [0.29, 0.717) is 0 Å². The molecule has 1 aliphatic heterocycles. The summed E-state index contributed by atoms with van der Waals surface area (Å²) in [5.74, 6) is 0.891. The van der Waals surface area contributed by atoms with Crippen LogP contribution < -0.4 is 15.8 Å². The van der Waals surface area contributed by atoms with Gasteiger partial charge in [-0.15, -0.1) is 0 Å². The van der Waals surface area contributed by atoms with Crippen molar-refractivity contribution in [3.8, 4) is 5.75 Å². The van der Waals surface area contributed by atoms with Crippen LogP contribution in [0.15, 0.2) is 18.2 Å². The molecule has 1 fully saturated rings. The maximum absolute atomic E-state index is 11.5. The average molecular weight is 288 g/mol. The van der Waals surface area contributed by atoms with E-state index in [0.717, 1.165) is 51.0 Å². The van der Waals surface area contributed by atoms with Crippen LogP contribution in [0.2, 0.25) is 0 Å². The highest BCUT2D eigenvalue weighted by molar-refractivity contribution is 5.77. The number of carbonyl (C=O) groups excluding carboxylic acids is 1. The Morgan fingerprint density at radius 2 is 2.19 bits per heavy atom. The average Bonchev–Trinajstić information content (AvgIpc) is 2.95. The van der Waals surface area contributed by atoms with Crippen molar-refractivity contribution in [1.82, 2.24) is 5.32 Å². The van der Waals surface area contributed by atoms with Gasteiger partial charge in [0.05, 0.1) is 12.5 Å². The maximum Gasteiger partial charge on any atom is 0.222 e. The molecule has 3 rings (SSSR count). The third-order valence-corrected chi connectivity index (χ3v) is 4.71. The third-order valence-electron chi connectivity index (χ3n) is 4.71. The molecule has 0 aromatic heterocycles. The van der Waals surface area contributed by atoms with E-state index < -0.39 is 0 Å². The fraction of sp³-hybridized carbons (Fsp3) is 0.588. The first-order chi connectivity index (χ1) is 10.2. The van der Waals surface area contributed by atoms with E-state index in [4.69, 9.17) is 10.5 Å². The molecule has 0 saturated heterocycles. The summed E-state index contributed by atoms with van der Waals surface area (Å²) >= 11 is 0. The van der Waals surface area contributed by atoms with Gasteiger partial charge < -0.3 is 15.8 Å². The number of nitrogens with two attached hydrogens (primary N) is 1. The van der Waals surface area contributed by atoms with Crippen LogP contribution in [-0.2, 0) is 17.6 Å². The van der Waals surface area contributed by atoms with E-state index in [2.05, 4.69) is 23.5 Å². The molecule has 1 aliphatic carbocycles. The first-order valence-corrected chi connectivity index (χ1v) is 8.01. The summed E-state index contributed by atoms with van der Waals surface area (Å²) in [6, 6.07) is 6.72. The second-order valence-corrected chi connectivity index (χ2v) is 6.14. The zero-order valence-corrected chi connectivity index (χ0v) is 12.4. The SMILES string of the molecule is NC(=O)[C@H]1CCCC[C@@H]1NCCc1ccc2c(c1)CCO2. The Labute approximate surface area is 126 Å². The summed E-state index contributed by atoms with van der Waals surface area (Å²) < 4.78 is 5.53. The molecule has 1 aromatic carbocycles. The van der Waals surface area contributed by atoms with Gasteiger partial charge in [0, 0.05) is 12.5 Å². The lowest BCUT2D eigenvalue weighted by Gasteiger charge is -2.30. The Bertz CT molecular complexity index is 516. The topological polar surface area (TPSA) is 64.4 Å². The zero-order chi connectivity index (χ0) is 14.7. The van der Waals surface area contributed by atoms with Gasteiger partial charge in [0.25, 0.3) is 0 Å². The number of hydrogen-bond donors (Lipinski definition) is 2. The lowest BCUT2D eigenvalue weighted by Crippen LogP contribution is -2.45. The van der Waals surface area contributed by atoms with Crippen molar-refractivity contribution in [2.24, 2.45) is 11.7 Å². The number of rotatable bonds is 5. The second kappa shape index (κ2) is 6.48. The number of ether oxygens (including phenoxy) is 1. The number of nitrogens with one attached hydrogen (secondary N) is 1. The van der Waals surface area contributed by atoms with Crippen LogP contribution in [0.3, 0.4) is 0 Å². The highest BCUT2D eigenvalue weighted by Crippen LogP contribution is 2.26. The number of fused-ring (bicyclic) bond motifs is 1. The summed E-state index contributed by atoms with van der Waals surface area (Å²) in [6.07, 6.45) is 6.31. The monoisotopic (exact) mass is 288 g/mol. The maximum atomic E-state index is 11.5. The van der Waals surface area contributed by atoms with Gasteiger partial charge in [0.2, 0.25) is 5.91 Å². The van der Waals surface area contributed by atoms with Crippen molar-refractivity contribution in [3.63, 3.8) is 0 Å². The fourth-order valence-electron chi connectivity index (χ4n) is 3.51. The molecule has 0 unspecified atom stereocenters. The lowest BCUT2D eigenvalue weighted by atomic mass is 9.84. The normalized spacial score (nSPS) is 24.4. The van der Waals surface area contributed by atoms with E-state index in [1.54, 1.807) is 0 Å². The first-order valence-electron chi connectivity index (χ1n) is 8.01. The van der Waals surface area contributed by atoms with Crippen LogP contribution in [0.1, 0.15) is 36.8 Å². The van der Waals surface area contributed by atoms with Crippen LogP contribution in [0.5, 0.6) is 5.75 Å². The van der Waals surface area contributed by atoms with Crippen LogP contribution in [0.25, 0.3) is 0 Å². The standard InChI is InChI=1S/C17H24N2O2/c18-17(20)14-3-1-2-4-15(14)19-9-7-12-5-6-16-13(11-12)8-10-21-16/h5-6,11,14-15,19H,1-4,7-10H2,(H2,18,20)/t14-,15-/m0/s1. The summed E-state index contributed by atoms with van der Waals surface area (Å²) in [5.41, 5.74) is 8.16. The predicted molar refractivity (Wildman–Crippen MR) is 82.3 cm³/mol. The Kier molecular flexibility index (Phi) is 4.44. The summed E-state index contributed by atoms with van der Waals surface area (Å²) in [7, 11) is 0. The second-order valence-electron chi connectivity index (χ2n) is 6.14. The smallest absolute Gasteiger partial charge is 0.222 e. The van der Waals surface area contributed by atoms with E-state index in [9.17, 15) is 4.79 Å². The molecule has 1 aromatic rings. The molecule has 1 heterocycles. The minimum atomic E-state index is -0.151. The molecular formula is C17H24N2O2. The number of carbonyl (C=O) groups is 1. The van der Waals surface area contributed by atoms with Gasteiger partial charge in [0.1, 0.15) is 5.75 Å². The zero-order valence-electron chi connectivity index (χ0n) is 12.4. The van der Waals surface area contributed by atoms with Crippen molar-refractivity contribution in [2.75, 3.05) is 13.2 Å². The molecule has 1 saturated carbocycles. The van der Waals surface area contributed by atoms with Gasteiger partial charge in [0.15, 0.2) is 0 Å². The minimum absolute atomic E-state index is 0.00664. The number of hydrogen-bond acceptors (Lipinski definition) is 3. The third kappa shape index (κ3) is 3.38. The Balaban J connectivity index is 1.52. The fourth-order valence-corrected chi connectivity index (χ4v) is 3.51. The van der Waals surface area contributed by atoms with Crippen molar-refractivity contribution >= 4 is 5.91 Å². The van der Waals surface area contributed by atoms with Gasteiger partial charge in [-0.1, -0.05) is 25.0 Å². The molecule has 2 atom stereocenters. The molecular weight excluding hydrogens is 264 g/mol. The Morgan fingerprint density at radius 3 is 3.05 bits per heavy atom. The van der Waals surface area contributed by atoms with Gasteiger partial charge in [-0.05, 0) is 43.0 Å². The van der Waals surface area contributed by atoms with Crippen molar-refractivity contribution < 1.29 is 9.53 Å². The van der Waals surface area contributed by atoms with Crippen LogP contribution >= 0.6 is 0 Å². The highest BCUT2D eigenvalue weighted by Gasteiger charge is 2.28. The summed E-state index contributed by atoms with van der Waals surface area (Å²) in [4.78, 5) is 11.5. The Hall–Kier alpha value is -1.55. The highest BCUT2D eigenvalue weighted by atomic mass is 16.5. The van der Waals surface area contributed by atoms with Gasteiger partial charge in [-0.25, -0.2) is 0 Å². The number of benzene rings is 1. The number of amides is 1. The Morgan fingerprint density at radius 1 is 1.33 bits per heavy atom. The molecule has 114 valence electrons. The van der Waals surface area contributed by atoms with Gasteiger partial charge in [-0.3, -0.25) is 4.79 Å². The van der Waals surface area contributed by atoms with E-state index >= 15 is 0 Å². The van der Waals surface area contributed by atoms with Crippen LogP contribution in [-0.4, -0.2) is 25.1 Å². The van der Waals surface area contributed by atoms with E-state index in [1.807, 2.05) is 0 Å². The minimum Gasteiger partial charge on any atom is -0.493 e. The molecule has 3 N–H and O–H groups in total. The van der Waals surface area contributed by atoms with Crippen molar-refractivity contribution in [3.05, 3.63) is 29.3 Å².